The second-order valence-electron chi connectivity index (χ2n) is 8.00. The molecule has 0 unspecified atom stereocenters. The fourth-order valence-corrected chi connectivity index (χ4v) is 4.22. The highest BCUT2D eigenvalue weighted by molar-refractivity contribution is 6.36. The van der Waals surface area contributed by atoms with Crippen LogP contribution in [0.3, 0.4) is 0 Å². The maximum Gasteiger partial charge on any atom is 0.278 e. The Bertz CT molecular complexity index is 1090. The number of nitro benzene ring substituents is 1. The number of amides is 2. The van der Waals surface area contributed by atoms with E-state index < -0.39 is 16.7 Å². The molecule has 2 amide bonds. The highest BCUT2D eigenvalue weighted by atomic mass is 16.6. The van der Waals surface area contributed by atoms with Gasteiger partial charge in [-0.3, -0.25) is 24.6 Å². The number of carbonyl (C=O) groups excluding carboxylic acids is 2. The number of nitrogens with one attached hydrogen (secondary N) is 1. The molecule has 2 aromatic carbocycles. The van der Waals surface area contributed by atoms with Crippen molar-refractivity contribution < 1.29 is 14.5 Å². The second kappa shape index (κ2) is 9.41. The van der Waals surface area contributed by atoms with E-state index in [1.165, 1.54) is 29.2 Å². The number of imide groups is 1. The molecule has 0 aliphatic carbocycles. The molecule has 9 heteroatoms. The molecule has 0 bridgehead atoms. The summed E-state index contributed by atoms with van der Waals surface area (Å²) in [6.07, 6.45) is 0. The van der Waals surface area contributed by atoms with Crippen molar-refractivity contribution in [2.24, 2.45) is 0 Å². The van der Waals surface area contributed by atoms with E-state index in [1.807, 2.05) is 24.3 Å². The predicted octanol–water partition coefficient (Wildman–Crippen LogP) is 2.95. The van der Waals surface area contributed by atoms with Crippen molar-refractivity contribution in [3.63, 3.8) is 0 Å². The zero-order chi connectivity index (χ0) is 23.5. The lowest BCUT2D eigenvalue weighted by Crippen LogP contribution is -2.46. The Labute approximate surface area is 192 Å². The summed E-state index contributed by atoms with van der Waals surface area (Å²) in [5.41, 5.74) is 2.59. The number of hydrogen-bond donors (Lipinski definition) is 1. The number of hydrogen-bond acceptors (Lipinski definition) is 7. The zero-order valence-corrected chi connectivity index (χ0v) is 18.8. The SMILES string of the molecule is CCN1CCN(c2ccc(NC3=C(c4ccc([N+](=O)[O-])cc4)C(=O)N(CC)C3=O)cc2)CC1. The Kier molecular flexibility index (Phi) is 6.41. The van der Waals surface area contributed by atoms with Crippen molar-refractivity contribution in [2.45, 2.75) is 13.8 Å². The average Bonchev–Trinajstić information content (AvgIpc) is 3.08. The molecule has 1 N–H and O–H groups in total. The molecule has 1 fully saturated rings. The number of non-ortho nitro benzene ring substituents is 1. The van der Waals surface area contributed by atoms with Gasteiger partial charge in [0.2, 0.25) is 0 Å². The van der Waals surface area contributed by atoms with Gasteiger partial charge in [0.1, 0.15) is 5.70 Å². The van der Waals surface area contributed by atoms with Gasteiger partial charge in [-0.15, -0.1) is 0 Å². The van der Waals surface area contributed by atoms with Crippen LogP contribution in [0.1, 0.15) is 19.4 Å². The Balaban J connectivity index is 1.59. The Morgan fingerprint density at radius 1 is 0.879 bits per heavy atom. The fourth-order valence-electron chi connectivity index (χ4n) is 4.22. The molecule has 0 saturated carbocycles. The van der Waals surface area contributed by atoms with Gasteiger partial charge < -0.3 is 15.1 Å². The lowest BCUT2D eigenvalue weighted by molar-refractivity contribution is -0.384. The molecule has 0 radical (unpaired) electrons. The van der Waals surface area contributed by atoms with E-state index in [9.17, 15) is 19.7 Å². The molecule has 2 aliphatic heterocycles. The number of rotatable bonds is 7. The summed E-state index contributed by atoms with van der Waals surface area (Å²) in [6.45, 7) is 9.20. The lowest BCUT2D eigenvalue weighted by Gasteiger charge is -2.35. The van der Waals surface area contributed by atoms with E-state index in [0.29, 0.717) is 11.3 Å². The molecule has 2 heterocycles. The molecule has 0 atom stereocenters. The first-order chi connectivity index (χ1) is 15.9. The van der Waals surface area contributed by atoms with Crippen LogP contribution in [0.2, 0.25) is 0 Å². The Hall–Kier alpha value is -3.72. The van der Waals surface area contributed by atoms with Crippen molar-refractivity contribution in [1.29, 1.82) is 0 Å². The lowest BCUT2D eigenvalue weighted by atomic mass is 10.0. The van der Waals surface area contributed by atoms with Gasteiger partial charge in [-0.05, 0) is 55.4 Å². The number of carbonyl (C=O) groups is 2. The first-order valence-electron chi connectivity index (χ1n) is 11.1. The molecule has 0 spiro atoms. The van der Waals surface area contributed by atoms with Gasteiger partial charge in [-0.1, -0.05) is 6.92 Å². The van der Waals surface area contributed by atoms with Crippen LogP contribution in [-0.4, -0.2) is 65.8 Å². The normalized spacial score (nSPS) is 17.2. The van der Waals surface area contributed by atoms with Gasteiger partial charge in [0.15, 0.2) is 0 Å². The summed E-state index contributed by atoms with van der Waals surface area (Å²) >= 11 is 0. The quantitative estimate of drug-likeness (QED) is 0.394. The second-order valence-corrected chi connectivity index (χ2v) is 8.00. The number of piperazine rings is 1. The molecule has 0 aromatic heterocycles. The summed E-state index contributed by atoms with van der Waals surface area (Å²) in [4.78, 5) is 42.3. The minimum Gasteiger partial charge on any atom is -0.369 e. The first-order valence-corrected chi connectivity index (χ1v) is 11.1. The third-order valence-electron chi connectivity index (χ3n) is 6.17. The Morgan fingerprint density at radius 3 is 2.06 bits per heavy atom. The maximum atomic E-state index is 12.9. The first kappa shape index (κ1) is 22.5. The Morgan fingerprint density at radius 2 is 1.52 bits per heavy atom. The van der Waals surface area contributed by atoms with Gasteiger partial charge in [0.25, 0.3) is 17.5 Å². The number of benzene rings is 2. The van der Waals surface area contributed by atoms with Crippen LogP contribution < -0.4 is 10.2 Å². The largest absolute Gasteiger partial charge is 0.369 e. The van der Waals surface area contributed by atoms with Gasteiger partial charge >= 0.3 is 0 Å². The third-order valence-corrected chi connectivity index (χ3v) is 6.17. The molecule has 33 heavy (non-hydrogen) atoms. The van der Waals surface area contributed by atoms with Gasteiger partial charge in [-0.2, -0.15) is 0 Å². The summed E-state index contributed by atoms with van der Waals surface area (Å²) in [7, 11) is 0. The van der Waals surface area contributed by atoms with Crippen LogP contribution in [0.15, 0.2) is 54.2 Å². The maximum absolute atomic E-state index is 12.9. The van der Waals surface area contributed by atoms with Crippen LogP contribution >= 0.6 is 0 Å². The minimum absolute atomic E-state index is 0.0756. The molecular weight excluding hydrogens is 422 g/mol. The molecule has 2 aliphatic rings. The average molecular weight is 450 g/mol. The summed E-state index contributed by atoms with van der Waals surface area (Å²) < 4.78 is 0. The van der Waals surface area contributed by atoms with Crippen LogP contribution in [-0.2, 0) is 9.59 Å². The summed E-state index contributed by atoms with van der Waals surface area (Å²) in [6, 6.07) is 13.5. The topological polar surface area (TPSA) is 99.0 Å². The van der Waals surface area contributed by atoms with Crippen LogP contribution in [0.4, 0.5) is 17.1 Å². The molecule has 4 rings (SSSR count). The number of nitro groups is 1. The van der Waals surface area contributed by atoms with Crippen molar-refractivity contribution >= 4 is 34.4 Å². The predicted molar refractivity (Wildman–Crippen MR) is 127 cm³/mol. The van der Waals surface area contributed by atoms with Crippen molar-refractivity contribution in [3.8, 4) is 0 Å². The van der Waals surface area contributed by atoms with E-state index in [0.717, 1.165) is 38.4 Å². The van der Waals surface area contributed by atoms with Crippen molar-refractivity contribution in [1.82, 2.24) is 9.80 Å². The van der Waals surface area contributed by atoms with E-state index in [2.05, 4.69) is 22.0 Å². The highest BCUT2D eigenvalue weighted by Crippen LogP contribution is 2.31. The minimum atomic E-state index is -0.499. The van der Waals surface area contributed by atoms with Crippen molar-refractivity contribution in [3.05, 3.63) is 69.9 Å². The standard InChI is InChI=1S/C24H27N5O4/c1-3-26-13-15-27(16-14-26)19-11-7-18(8-12-19)25-22-21(23(30)28(4-2)24(22)31)17-5-9-20(10-6-17)29(32)33/h5-12,25H,3-4,13-16H2,1-2H3. The molecular formula is C24H27N5O4. The van der Waals surface area contributed by atoms with Crippen LogP contribution in [0.5, 0.6) is 0 Å². The molecule has 2 aromatic rings. The van der Waals surface area contributed by atoms with Gasteiger partial charge in [0, 0.05) is 56.2 Å². The summed E-state index contributed by atoms with van der Waals surface area (Å²) in [5.74, 6) is -0.820. The third kappa shape index (κ3) is 4.45. The molecule has 1 saturated heterocycles. The number of nitrogens with zero attached hydrogens (tertiary/aromatic N) is 4. The van der Waals surface area contributed by atoms with E-state index >= 15 is 0 Å². The monoisotopic (exact) mass is 449 g/mol. The smallest absolute Gasteiger partial charge is 0.278 e. The summed E-state index contributed by atoms with van der Waals surface area (Å²) in [5, 5.41) is 14.1. The number of likely N-dealkylation sites (N-methyl/N-ethyl adjacent to an activating group) is 2. The van der Waals surface area contributed by atoms with E-state index in [-0.39, 0.29) is 23.5 Å². The fraction of sp³-hybridized carbons (Fsp3) is 0.333. The zero-order valence-electron chi connectivity index (χ0n) is 18.8. The van der Waals surface area contributed by atoms with Crippen molar-refractivity contribution in [2.75, 3.05) is 49.5 Å². The highest BCUT2D eigenvalue weighted by Gasteiger charge is 2.38. The molecule has 9 nitrogen and oxygen atoms in total. The van der Waals surface area contributed by atoms with Crippen LogP contribution in [0.25, 0.3) is 5.57 Å². The van der Waals surface area contributed by atoms with Crippen LogP contribution in [0, 0.1) is 10.1 Å². The van der Waals surface area contributed by atoms with Gasteiger partial charge in [-0.25, -0.2) is 0 Å². The van der Waals surface area contributed by atoms with Gasteiger partial charge in [0.05, 0.1) is 10.5 Å². The number of anilines is 2. The van der Waals surface area contributed by atoms with E-state index in [4.69, 9.17) is 0 Å². The van der Waals surface area contributed by atoms with E-state index in [1.54, 1.807) is 6.92 Å². The molecule has 172 valence electrons.